The number of imide groups is 1. The van der Waals surface area contributed by atoms with Crippen LogP contribution in [0.25, 0.3) is 5.57 Å². The zero-order valence-corrected chi connectivity index (χ0v) is 16.1. The van der Waals surface area contributed by atoms with Crippen LogP contribution in [-0.2, 0) is 9.59 Å². The van der Waals surface area contributed by atoms with Gasteiger partial charge in [0, 0.05) is 23.9 Å². The third-order valence-electron chi connectivity index (χ3n) is 4.77. The number of hydrogen-bond donors (Lipinski definition) is 1. The summed E-state index contributed by atoms with van der Waals surface area (Å²) in [5, 5.41) is 14.0. The van der Waals surface area contributed by atoms with E-state index in [9.17, 15) is 19.7 Å². The van der Waals surface area contributed by atoms with Gasteiger partial charge in [0.2, 0.25) is 0 Å². The van der Waals surface area contributed by atoms with Gasteiger partial charge in [-0.25, -0.2) is 0 Å². The number of rotatable bonds is 5. The lowest BCUT2D eigenvalue weighted by molar-refractivity contribution is -0.384. The van der Waals surface area contributed by atoms with Gasteiger partial charge in [-0.15, -0.1) is 0 Å². The third-order valence-corrected chi connectivity index (χ3v) is 4.77. The molecule has 3 rings (SSSR count). The van der Waals surface area contributed by atoms with E-state index in [1.165, 1.54) is 29.2 Å². The first kappa shape index (κ1) is 19.3. The number of aryl methyl sites for hydroxylation is 2. The third kappa shape index (κ3) is 3.38. The first-order chi connectivity index (χ1) is 13.2. The molecule has 0 saturated carbocycles. The zero-order valence-electron chi connectivity index (χ0n) is 16.1. The van der Waals surface area contributed by atoms with Crippen LogP contribution < -0.4 is 5.32 Å². The Morgan fingerprint density at radius 1 is 0.964 bits per heavy atom. The number of amides is 2. The minimum absolute atomic E-state index is 0.0782. The molecular formula is C21H21N3O4. The Bertz CT molecular complexity index is 1010. The number of benzene rings is 2. The van der Waals surface area contributed by atoms with E-state index in [2.05, 4.69) is 5.32 Å². The molecule has 0 atom stereocenters. The summed E-state index contributed by atoms with van der Waals surface area (Å²) in [5.74, 6) is -0.827. The number of hydrogen-bond acceptors (Lipinski definition) is 5. The van der Waals surface area contributed by atoms with E-state index in [1.807, 2.05) is 32.0 Å². The smallest absolute Gasteiger partial charge is 0.278 e. The van der Waals surface area contributed by atoms with Gasteiger partial charge < -0.3 is 5.32 Å². The summed E-state index contributed by atoms with van der Waals surface area (Å²) in [6, 6.07) is 11.0. The number of nitro benzene ring substituents is 1. The zero-order chi connectivity index (χ0) is 20.6. The van der Waals surface area contributed by atoms with Gasteiger partial charge in [-0.2, -0.15) is 0 Å². The van der Waals surface area contributed by atoms with Crippen LogP contribution in [-0.4, -0.2) is 27.7 Å². The minimum Gasteiger partial charge on any atom is -0.350 e. The first-order valence-corrected chi connectivity index (χ1v) is 8.92. The highest BCUT2D eigenvalue weighted by atomic mass is 16.6. The van der Waals surface area contributed by atoms with Crippen molar-refractivity contribution in [3.05, 3.63) is 75.0 Å². The molecule has 144 valence electrons. The fraction of sp³-hybridized carbons (Fsp3) is 0.238. The molecule has 2 aromatic carbocycles. The van der Waals surface area contributed by atoms with E-state index < -0.39 is 16.7 Å². The molecule has 1 aliphatic heterocycles. The van der Waals surface area contributed by atoms with Crippen molar-refractivity contribution in [2.75, 3.05) is 5.32 Å². The Hall–Kier alpha value is -3.48. The van der Waals surface area contributed by atoms with Crippen molar-refractivity contribution in [3.63, 3.8) is 0 Å². The molecule has 0 aliphatic carbocycles. The fourth-order valence-corrected chi connectivity index (χ4v) is 3.11. The van der Waals surface area contributed by atoms with E-state index in [0.29, 0.717) is 11.3 Å². The molecule has 0 spiro atoms. The molecule has 0 aromatic heterocycles. The van der Waals surface area contributed by atoms with Gasteiger partial charge in [0.25, 0.3) is 17.5 Å². The SMILES string of the molecule is Cc1ccc(NC2=C(c3ccc([N+](=O)[O-])cc3)C(=O)N(C(C)C)C2=O)cc1C. The van der Waals surface area contributed by atoms with Crippen LogP contribution in [0.3, 0.4) is 0 Å². The molecule has 1 heterocycles. The minimum atomic E-state index is -0.506. The van der Waals surface area contributed by atoms with Crippen molar-refractivity contribution in [1.82, 2.24) is 4.90 Å². The second-order valence-corrected chi connectivity index (χ2v) is 7.05. The van der Waals surface area contributed by atoms with Gasteiger partial charge in [-0.05, 0) is 68.7 Å². The molecule has 7 heteroatoms. The predicted molar refractivity (Wildman–Crippen MR) is 107 cm³/mol. The van der Waals surface area contributed by atoms with Gasteiger partial charge in [-0.3, -0.25) is 24.6 Å². The van der Waals surface area contributed by atoms with Crippen molar-refractivity contribution in [2.45, 2.75) is 33.7 Å². The average Bonchev–Trinajstić information content (AvgIpc) is 2.88. The Labute approximate surface area is 162 Å². The number of carbonyl (C=O) groups is 2. The molecule has 0 unspecified atom stereocenters. The maximum absolute atomic E-state index is 13.0. The van der Waals surface area contributed by atoms with Gasteiger partial charge >= 0.3 is 0 Å². The molecule has 28 heavy (non-hydrogen) atoms. The van der Waals surface area contributed by atoms with Crippen molar-refractivity contribution in [1.29, 1.82) is 0 Å². The summed E-state index contributed by atoms with van der Waals surface area (Å²) in [5.41, 5.74) is 3.64. The molecule has 0 radical (unpaired) electrons. The molecule has 1 aliphatic rings. The van der Waals surface area contributed by atoms with Crippen LogP contribution >= 0.6 is 0 Å². The van der Waals surface area contributed by atoms with Gasteiger partial charge in [0.15, 0.2) is 0 Å². The topological polar surface area (TPSA) is 92.6 Å². The molecule has 7 nitrogen and oxygen atoms in total. The predicted octanol–water partition coefficient (Wildman–Crippen LogP) is 3.81. The van der Waals surface area contributed by atoms with E-state index in [4.69, 9.17) is 0 Å². The first-order valence-electron chi connectivity index (χ1n) is 8.92. The van der Waals surface area contributed by atoms with E-state index in [-0.39, 0.29) is 23.0 Å². The Balaban J connectivity index is 2.09. The van der Waals surface area contributed by atoms with Crippen LogP contribution in [0.15, 0.2) is 48.2 Å². The molecule has 0 bridgehead atoms. The van der Waals surface area contributed by atoms with Crippen LogP contribution in [0.5, 0.6) is 0 Å². The molecule has 1 N–H and O–H groups in total. The van der Waals surface area contributed by atoms with E-state index in [0.717, 1.165) is 11.1 Å². The lowest BCUT2D eigenvalue weighted by Gasteiger charge is -2.19. The highest BCUT2D eigenvalue weighted by Gasteiger charge is 2.40. The van der Waals surface area contributed by atoms with Gasteiger partial charge in [0.05, 0.1) is 10.5 Å². The Morgan fingerprint density at radius 3 is 2.14 bits per heavy atom. The van der Waals surface area contributed by atoms with Crippen LogP contribution in [0, 0.1) is 24.0 Å². The number of carbonyl (C=O) groups excluding carboxylic acids is 2. The standard InChI is InChI=1S/C21H21N3O4/c1-12(2)23-20(25)18(15-6-9-17(10-7-15)24(27)28)19(21(23)26)22-16-8-5-13(3)14(4)11-16/h5-12,22H,1-4H3. The van der Waals surface area contributed by atoms with E-state index >= 15 is 0 Å². The van der Waals surface area contributed by atoms with Crippen molar-refractivity contribution in [2.24, 2.45) is 0 Å². The number of nitrogens with zero attached hydrogens (tertiary/aromatic N) is 2. The monoisotopic (exact) mass is 379 g/mol. The summed E-state index contributed by atoms with van der Waals surface area (Å²) in [6.07, 6.45) is 0. The van der Waals surface area contributed by atoms with Crippen molar-refractivity contribution >= 4 is 28.8 Å². The summed E-state index contributed by atoms with van der Waals surface area (Å²) < 4.78 is 0. The number of nitro groups is 1. The summed E-state index contributed by atoms with van der Waals surface area (Å²) in [6.45, 7) is 7.49. The van der Waals surface area contributed by atoms with E-state index in [1.54, 1.807) is 13.8 Å². The molecule has 0 fully saturated rings. The number of non-ortho nitro benzene ring substituents is 1. The Kier molecular flexibility index (Phi) is 5.00. The molecule has 2 aromatic rings. The normalized spacial score (nSPS) is 14.2. The summed E-state index contributed by atoms with van der Waals surface area (Å²) in [7, 11) is 0. The highest BCUT2D eigenvalue weighted by Crippen LogP contribution is 2.32. The van der Waals surface area contributed by atoms with Crippen LogP contribution in [0.2, 0.25) is 0 Å². The molecule has 0 saturated heterocycles. The van der Waals surface area contributed by atoms with Gasteiger partial charge in [0.1, 0.15) is 5.70 Å². The average molecular weight is 379 g/mol. The number of anilines is 1. The quantitative estimate of drug-likeness (QED) is 0.484. The Morgan fingerprint density at radius 2 is 1.61 bits per heavy atom. The molecular weight excluding hydrogens is 358 g/mol. The second-order valence-electron chi connectivity index (χ2n) is 7.05. The summed E-state index contributed by atoms with van der Waals surface area (Å²) >= 11 is 0. The highest BCUT2D eigenvalue weighted by molar-refractivity contribution is 6.36. The fourth-order valence-electron chi connectivity index (χ4n) is 3.11. The van der Waals surface area contributed by atoms with Crippen molar-refractivity contribution in [3.8, 4) is 0 Å². The maximum atomic E-state index is 13.0. The maximum Gasteiger partial charge on any atom is 0.278 e. The lowest BCUT2D eigenvalue weighted by atomic mass is 10.0. The van der Waals surface area contributed by atoms with Crippen molar-refractivity contribution < 1.29 is 14.5 Å². The summed E-state index contributed by atoms with van der Waals surface area (Å²) in [4.78, 5) is 37.5. The van der Waals surface area contributed by atoms with Crippen LogP contribution in [0.1, 0.15) is 30.5 Å². The number of nitrogens with one attached hydrogen (secondary N) is 1. The molecule has 2 amide bonds. The van der Waals surface area contributed by atoms with Crippen LogP contribution in [0.4, 0.5) is 11.4 Å². The second kappa shape index (κ2) is 7.26. The van der Waals surface area contributed by atoms with Gasteiger partial charge in [-0.1, -0.05) is 6.07 Å². The lowest BCUT2D eigenvalue weighted by Crippen LogP contribution is -2.38. The largest absolute Gasteiger partial charge is 0.350 e.